The van der Waals surface area contributed by atoms with Crippen molar-refractivity contribution >= 4 is 35.9 Å². The van der Waals surface area contributed by atoms with Gasteiger partial charge in [0, 0.05) is 25.7 Å². The highest BCUT2D eigenvalue weighted by atomic mass is 127. The van der Waals surface area contributed by atoms with Gasteiger partial charge in [-0.1, -0.05) is 19.1 Å². The normalized spacial score (nSPS) is 12.2. The summed E-state index contributed by atoms with van der Waals surface area (Å²) in [6.07, 6.45) is 0.115. The van der Waals surface area contributed by atoms with Gasteiger partial charge in [0.1, 0.15) is 5.75 Å². The first-order chi connectivity index (χ1) is 11.4. The Bertz CT molecular complexity index is 577. The number of carbonyl (C=O) groups excluding carboxylic acids is 1. The van der Waals surface area contributed by atoms with Crippen LogP contribution in [0.4, 0.5) is 0 Å². The summed E-state index contributed by atoms with van der Waals surface area (Å²) < 4.78 is 10.6. The minimum Gasteiger partial charge on any atom is -0.491 e. The van der Waals surface area contributed by atoms with Gasteiger partial charge in [-0.2, -0.15) is 0 Å². The Kier molecular flexibility index (Phi) is 11.2. The maximum absolute atomic E-state index is 11.4. The van der Waals surface area contributed by atoms with E-state index in [2.05, 4.69) is 21.7 Å². The van der Waals surface area contributed by atoms with E-state index >= 15 is 0 Å². The van der Waals surface area contributed by atoms with E-state index < -0.39 is 0 Å². The van der Waals surface area contributed by atoms with E-state index in [1.54, 1.807) is 14.0 Å². The molecule has 1 unspecified atom stereocenters. The van der Waals surface area contributed by atoms with Crippen molar-refractivity contribution in [1.29, 1.82) is 0 Å². The fourth-order valence-corrected chi connectivity index (χ4v) is 2.11. The van der Waals surface area contributed by atoms with Gasteiger partial charge < -0.3 is 20.1 Å². The van der Waals surface area contributed by atoms with Crippen LogP contribution in [0.1, 0.15) is 31.9 Å². The number of methoxy groups -OCH3 is 1. The van der Waals surface area contributed by atoms with Crippen LogP contribution in [-0.2, 0) is 16.1 Å². The molecule has 0 aliphatic rings. The van der Waals surface area contributed by atoms with Gasteiger partial charge in [0.2, 0.25) is 0 Å². The van der Waals surface area contributed by atoms with Crippen molar-refractivity contribution in [3.05, 3.63) is 29.3 Å². The van der Waals surface area contributed by atoms with Gasteiger partial charge in [-0.05, 0) is 32.4 Å². The second-order valence-corrected chi connectivity index (χ2v) is 6.01. The van der Waals surface area contributed by atoms with Gasteiger partial charge in [0.05, 0.1) is 19.1 Å². The number of esters is 1. The average Bonchev–Trinajstić information content (AvgIpc) is 2.54. The maximum Gasteiger partial charge on any atom is 0.310 e. The fraction of sp³-hybridized carbons (Fsp3) is 0.556. The third-order valence-electron chi connectivity index (χ3n) is 3.43. The van der Waals surface area contributed by atoms with Gasteiger partial charge in [0.25, 0.3) is 0 Å². The lowest BCUT2D eigenvalue weighted by Crippen LogP contribution is -2.40. The predicted octanol–water partition coefficient (Wildman–Crippen LogP) is 2.87. The number of aryl methyl sites for hydroxylation is 1. The quantitative estimate of drug-likeness (QED) is 0.282. The molecule has 0 saturated heterocycles. The average molecular weight is 463 g/mol. The Morgan fingerprint density at radius 1 is 1.24 bits per heavy atom. The van der Waals surface area contributed by atoms with Crippen LogP contribution in [0.5, 0.6) is 5.75 Å². The second kappa shape index (κ2) is 11.9. The molecule has 0 bridgehead atoms. The van der Waals surface area contributed by atoms with E-state index in [1.807, 2.05) is 32.9 Å². The third kappa shape index (κ3) is 8.42. The van der Waals surface area contributed by atoms with Crippen LogP contribution in [0.15, 0.2) is 23.2 Å². The van der Waals surface area contributed by atoms with Crippen molar-refractivity contribution in [3.63, 3.8) is 0 Å². The smallest absolute Gasteiger partial charge is 0.310 e. The first-order valence-electron chi connectivity index (χ1n) is 8.15. The Labute approximate surface area is 167 Å². The van der Waals surface area contributed by atoms with Crippen molar-refractivity contribution in [2.45, 2.75) is 40.3 Å². The molecule has 1 rings (SSSR count). The molecule has 25 heavy (non-hydrogen) atoms. The summed E-state index contributed by atoms with van der Waals surface area (Å²) in [5.41, 5.74) is 2.21. The molecule has 0 amide bonds. The van der Waals surface area contributed by atoms with Crippen LogP contribution < -0.4 is 15.4 Å². The zero-order chi connectivity index (χ0) is 18.1. The van der Waals surface area contributed by atoms with Crippen molar-refractivity contribution < 1.29 is 14.3 Å². The molecule has 0 heterocycles. The van der Waals surface area contributed by atoms with E-state index in [9.17, 15) is 4.79 Å². The zero-order valence-electron chi connectivity index (χ0n) is 15.9. The van der Waals surface area contributed by atoms with E-state index in [1.165, 1.54) is 7.11 Å². The van der Waals surface area contributed by atoms with Gasteiger partial charge in [-0.25, -0.2) is 0 Å². The number of halogens is 1. The van der Waals surface area contributed by atoms with E-state index in [0.717, 1.165) is 16.9 Å². The first-order valence-corrected chi connectivity index (χ1v) is 8.15. The molecular formula is C18H30IN3O3. The zero-order valence-corrected chi connectivity index (χ0v) is 18.2. The molecule has 142 valence electrons. The lowest BCUT2D eigenvalue weighted by molar-refractivity contribution is -0.144. The highest BCUT2D eigenvalue weighted by Crippen LogP contribution is 2.21. The minimum absolute atomic E-state index is 0. The topological polar surface area (TPSA) is 72.0 Å². The number of rotatable bonds is 7. The molecule has 2 N–H and O–H groups in total. The van der Waals surface area contributed by atoms with E-state index in [4.69, 9.17) is 9.47 Å². The monoisotopic (exact) mass is 463 g/mol. The van der Waals surface area contributed by atoms with Crippen molar-refractivity contribution in [2.75, 3.05) is 20.7 Å². The molecule has 0 saturated carbocycles. The van der Waals surface area contributed by atoms with Gasteiger partial charge in [0.15, 0.2) is 5.96 Å². The number of guanidine groups is 1. The summed E-state index contributed by atoms with van der Waals surface area (Å²) in [6, 6.07) is 6.14. The number of carbonyl (C=O) groups is 1. The second-order valence-electron chi connectivity index (χ2n) is 6.01. The third-order valence-corrected chi connectivity index (χ3v) is 3.43. The lowest BCUT2D eigenvalue weighted by atomic mass is 10.1. The molecule has 0 aromatic heterocycles. The standard InChI is InChI=1S/C18H29N3O3.HI/c1-12(2)24-16-9-13(3)7-8-15(16)11-21-18(19-5)20-10-14(4)17(22)23-6;/h7-9,12,14H,10-11H2,1-6H3,(H2,19,20,21);1H. The molecule has 1 aromatic rings. The molecular weight excluding hydrogens is 433 g/mol. The number of ether oxygens (including phenoxy) is 2. The summed E-state index contributed by atoms with van der Waals surface area (Å²) in [5.74, 6) is 1.01. The van der Waals surface area contributed by atoms with Gasteiger partial charge >= 0.3 is 5.97 Å². The molecule has 0 fully saturated rings. The van der Waals surface area contributed by atoms with E-state index in [-0.39, 0.29) is 42.0 Å². The molecule has 6 nitrogen and oxygen atoms in total. The van der Waals surface area contributed by atoms with Gasteiger partial charge in [-0.15, -0.1) is 24.0 Å². The molecule has 7 heteroatoms. The van der Waals surface area contributed by atoms with Crippen molar-refractivity contribution in [1.82, 2.24) is 10.6 Å². The van der Waals surface area contributed by atoms with Crippen molar-refractivity contribution in [3.8, 4) is 5.75 Å². The maximum atomic E-state index is 11.4. The number of nitrogens with one attached hydrogen (secondary N) is 2. The Hall–Kier alpha value is -1.51. The van der Waals surface area contributed by atoms with E-state index in [0.29, 0.717) is 19.0 Å². The van der Waals surface area contributed by atoms with Crippen molar-refractivity contribution in [2.24, 2.45) is 10.9 Å². The Morgan fingerprint density at radius 3 is 2.48 bits per heavy atom. The number of hydrogen-bond donors (Lipinski definition) is 2. The number of hydrogen-bond acceptors (Lipinski definition) is 4. The number of aliphatic imine (C=N–C) groups is 1. The molecule has 0 aliphatic carbocycles. The fourth-order valence-electron chi connectivity index (χ4n) is 2.11. The Balaban J connectivity index is 0.00000576. The van der Waals surface area contributed by atoms with Crippen LogP contribution in [0.25, 0.3) is 0 Å². The highest BCUT2D eigenvalue weighted by molar-refractivity contribution is 14.0. The van der Waals surface area contributed by atoms with Crippen LogP contribution in [0, 0.1) is 12.8 Å². The summed E-state index contributed by atoms with van der Waals surface area (Å²) in [5, 5.41) is 6.36. The molecule has 1 atom stereocenters. The summed E-state index contributed by atoms with van der Waals surface area (Å²) >= 11 is 0. The lowest BCUT2D eigenvalue weighted by Gasteiger charge is -2.18. The predicted molar refractivity (Wildman–Crippen MR) is 112 cm³/mol. The highest BCUT2D eigenvalue weighted by Gasteiger charge is 2.13. The van der Waals surface area contributed by atoms with Crippen LogP contribution in [0.2, 0.25) is 0 Å². The molecule has 0 aliphatic heterocycles. The number of benzene rings is 1. The van der Waals surface area contributed by atoms with Crippen LogP contribution in [0.3, 0.4) is 0 Å². The number of nitrogens with zero attached hydrogens (tertiary/aromatic N) is 1. The first kappa shape index (κ1) is 23.5. The Morgan fingerprint density at radius 2 is 1.92 bits per heavy atom. The SMILES string of the molecule is CN=C(NCc1ccc(C)cc1OC(C)C)NCC(C)C(=O)OC.I. The summed E-state index contributed by atoms with van der Waals surface area (Å²) in [4.78, 5) is 15.6. The van der Waals surface area contributed by atoms with Crippen LogP contribution >= 0.6 is 24.0 Å². The molecule has 0 spiro atoms. The summed E-state index contributed by atoms with van der Waals surface area (Å²) in [7, 11) is 3.08. The largest absolute Gasteiger partial charge is 0.491 e. The molecule has 0 radical (unpaired) electrons. The summed E-state index contributed by atoms with van der Waals surface area (Å²) in [6.45, 7) is 8.90. The van der Waals surface area contributed by atoms with Gasteiger partial charge in [-0.3, -0.25) is 9.79 Å². The minimum atomic E-state index is -0.246. The van der Waals surface area contributed by atoms with Crippen LogP contribution in [-0.4, -0.2) is 38.7 Å². The molecule has 1 aromatic carbocycles.